The van der Waals surface area contributed by atoms with Crippen LogP contribution in [0.25, 0.3) is 22.0 Å². The Bertz CT molecular complexity index is 1390. The number of nitrogens with zero attached hydrogens (tertiary/aromatic N) is 1. The summed E-state index contributed by atoms with van der Waals surface area (Å²) in [7, 11) is 1.46. The summed E-state index contributed by atoms with van der Waals surface area (Å²) < 4.78 is 82.7. The van der Waals surface area contributed by atoms with Crippen molar-refractivity contribution in [1.82, 2.24) is 9.55 Å². The molecule has 0 spiro atoms. The molecule has 2 aromatic carbocycles. The van der Waals surface area contributed by atoms with Gasteiger partial charge in [-0.25, -0.2) is 13.6 Å². The van der Waals surface area contributed by atoms with Crippen molar-refractivity contribution in [3.05, 3.63) is 61.3 Å². The van der Waals surface area contributed by atoms with Crippen LogP contribution in [0.1, 0.15) is 5.56 Å². The molecule has 4 rings (SSSR count). The van der Waals surface area contributed by atoms with E-state index in [-0.39, 0.29) is 35.9 Å². The molecule has 6 nitrogen and oxygen atoms in total. The van der Waals surface area contributed by atoms with E-state index in [4.69, 9.17) is 21.1 Å². The maximum atomic E-state index is 14.8. The second-order valence-electron chi connectivity index (χ2n) is 7.43. The number of nitrogens with one attached hydrogen (secondary N) is 1. The lowest BCUT2D eigenvalue weighted by molar-refractivity contribution is -0.137. The Kier molecular flexibility index (Phi) is 6.78. The maximum Gasteiger partial charge on any atom is 0.417 e. The van der Waals surface area contributed by atoms with Gasteiger partial charge in [-0.15, -0.1) is 11.8 Å². The Morgan fingerprint density at radius 3 is 2.59 bits per heavy atom. The number of aromatic nitrogens is 2. The Labute approximate surface area is 197 Å². The predicted octanol–water partition coefficient (Wildman–Crippen LogP) is 4.44. The second kappa shape index (κ2) is 9.33. The molecule has 2 heterocycles. The number of alkyl halides is 3. The van der Waals surface area contributed by atoms with Crippen LogP contribution in [0.15, 0.2) is 32.7 Å². The van der Waals surface area contributed by atoms with Crippen LogP contribution in [-0.4, -0.2) is 41.7 Å². The number of hydrogen-bond acceptors (Lipinski definition) is 5. The van der Waals surface area contributed by atoms with Gasteiger partial charge in [0.2, 0.25) is 0 Å². The fraction of sp³-hybridized carbons (Fsp3) is 0.333. The molecule has 0 fully saturated rings. The fourth-order valence-corrected chi connectivity index (χ4v) is 5.21. The monoisotopic (exact) mass is 522 g/mol. The number of thioether (sulfide) groups is 1. The highest BCUT2D eigenvalue weighted by Crippen LogP contribution is 2.47. The minimum atomic E-state index is -5.01. The molecule has 0 radical (unpaired) electrons. The van der Waals surface area contributed by atoms with Crippen molar-refractivity contribution in [3.63, 3.8) is 0 Å². The number of methoxy groups -OCH3 is 1. The average Bonchev–Trinajstić information content (AvgIpc) is 2.94. The molecule has 0 unspecified atom stereocenters. The van der Waals surface area contributed by atoms with E-state index >= 15 is 0 Å². The van der Waals surface area contributed by atoms with Gasteiger partial charge in [-0.05, 0) is 12.1 Å². The van der Waals surface area contributed by atoms with E-state index in [1.165, 1.54) is 7.11 Å². The lowest BCUT2D eigenvalue weighted by Gasteiger charge is -2.20. The van der Waals surface area contributed by atoms with Gasteiger partial charge >= 0.3 is 11.9 Å². The number of hydrogen-bond donors (Lipinski definition) is 1. The third-order valence-corrected chi connectivity index (χ3v) is 6.78. The third-order valence-electron chi connectivity index (χ3n) is 5.26. The molecule has 1 aliphatic rings. The minimum Gasteiger partial charge on any atom is -0.382 e. The summed E-state index contributed by atoms with van der Waals surface area (Å²) in [6.45, 7) is 0.322. The number of H-pyrrole nitrogens is 1. The molecule has 182 valence electrons. The summed E-state index contributed by atoms with van der Waals surface area (Å²) in [6, 6.07) is 1.71. The molecule has 0 amide bonds. The first-order chi connectivity index (χ1) is 16.0. The summed E-state index contributed by atoms with van der Waals surface area (Å²) in [6.07, 6.45) is -5.65. The summed E-state index contributed by atoms with van der Waals surface area (Å²) >= 11 is 6.64. The molecular weight excluding hydrogens is 507 g/mol. The molecule has 0 saturated carbocycles. The summed E-state index contributed by atoms with van der Waals surface area (Å²) in [5.74, 6) is -2.34. The molecule has 1 aromatic heterocycles. The van der Waals surface area contributed by atoms with Crippen molar-refractivity contribution in [2.24, 2.45) is 0 Å². The predicted molar refractivity (Wildman–Crippen MR) is 117 cm³/mol. The maximum absolute atomic E-state index is 14.8. The van der Waals surface area contributed by atoms with Crippen LogP contribution < -0.4 is 11.2 Å². The van der Waals surface area contributed by atoms with Crippen molar-refractivity contribution >= 4 is 34.3 Å². The molecule has 0 bridgehead atoms. The number of halogens is 6. The van der Waals surface area contributed by atoms with Gasteiger partial charge < -0.3 is 9.47 Å². The van der Waals surface area contributed by atoms with E-state index in [0.717, 1.165) is 22.4 Å². The van der Waals surface area contributed by atoms with E-state index in [9.17, 15) is 31.5 Å². The van der Waals surface area contributed by atoms with Crippen LogP contribution in [0.5, 0.6) is 0 Å². The van der Waals surface area contributed by atoms with E-state index in [2.05, 4.69) is 0 Å². The molecule has 13 heteroatoms. The summed E-state index contributed by atoms with van der Waals surface area (Å²) in [5, 5.41) is -0.983. The lowest BCUT2D eigenvalue weighted by atomic mass is 9.96. The first-order valence-electron chi connectivity index (χ1n) is 9.82. The highest BCUT2D eigenvalue weighted by molar-refractivity contribution is 7.99. The van der Waals surface area contributed by atoms with Gasteiger partial charge in [0.15, 0.2) is 0 Å². The van der Waals surface area contributed by atoms with Gasteiger partial charge in [-0.1, -0.05) is 11.6 Å². The van der Waals surface area contributed by atoms with Gasteiger partial charge in [0.1, 0.15) is 11.6 Å². The van der Waals surface area contributed by atoms with Crippen molar-refractivity contribution in [3.8, 4) is 11.1 Å². The van der Waals surface area contributed by atoms with Gasteiger partial charge in [0.25, 0.3) is 5.56 Å². The molecule has 3 aromatic rings. The zero-order valence-corrected chi connectivity index (χ0v) is 19.0. The molecule has 1 atom stereocenters. The molecule has 1 N–H and O–H groups in total. The van der Waals surface area contributed by atoms with Gasteiger partial charge in [0.05, 0.1) is 47.4 Å². The molecule has 34 heavy (non-hydrogen) atoms. The smallest absolute Gasteiger partial charge is 0.382 e. The lowest BCUT2D eigenvalue weighted by Crippen LogP contribution is -2.34. The van der Waals surface area contributed by atoms with Crippen LogP contribution >= 0.6 is 23.4 Å². The largest absolute Gasteiger partial charge is 0.417 e. The van der Waals surface area contributed by atoms with Gasteiger partial charge in [-0.3, -0.25) is 14.3 Å². The molecule has 0 saturated heterocycles. The second-order valence-corrected chi connectivity index (χ2v) is 8.87. The molecule has 1 aliphatic heterocycles. The van der Waals surface area contributed by atoms with Crippen LogP contribution in [-0.2, 0) is 22.2 Å². The summed E-state index contributed by atoms with van der Waals surface area (Å²) in [4.78, 5) is 27.0. The van der Waals surface area contributed by atoms with Crippen molar-refractivity contribution in [2.75, 3.05) is 26.1 Å². The molecular formula is C21H16ClF5N2O4S. The average molecular weight is 523 g/mol. The first kappa shape index (κ1) is 24.7. The van der Waals surface area contributed by atoms with Crippen molar-refractivity contribution < 1.29 is 31.4 Å². The standard InChI is InChI=1S/C21H16ClF5N2O4S/c1-32-2-3-33-9-7-29-17-11(19(30)28-20(29)31)4-12(21(25,26)27)16(18(17)34-8-9)10-5-13(22)15(24)6-14(10)23/h4-6,9H,2-3,7-8H2,1H3,(H,28,30,31)/t9-/m0/s1. The van der Waals surface area contributed by atoms with Crippen LogP contribution in [0.4, 0.5) is 22.0 Å². The highest BCUT2D eigenvalue weighted by Gasteiger charge is 2.38. The fourth-order valence-electron chi connectivity index (χ4n) is 3.77. The number of rotatable bonds is 5. The third kappa shape index (κ3) is 4.47. The van der Waals surface area contributed by atoms with Crippen LogP contribution in [0.3, 0.4) is 0 Å². The topological polar surface area (TPSA) is 73.3 Å². The Morgan fingerprint density at radius 1 is 1.18 bits per heavy atom. The van der Waals surface area contributed by atoms with E-state index < -0.39 is 62.3 Å². The Hall–Kier alpha value is -2.41. The number of ether oxygens (including phenoxy) is 2. The zero-order chi connectivity index (χ0) is 24.8. The minimum absolute atomic E-state index is 0.0761. The van der Waals surface area contributed by atoms with Crippen LogP contribution in [0.2, 0.25) is 5.02 Å². The Morgan fingerprint density at radius 2 is 1.91 bits per heavy atom. The molecule has 0 aliphatic carbocycles. The SMILES string of the molecule is COCCO[C@@H]1CSc2c(-c3cc(Cl)c(F)cc3F)c(C(F)(F)F)cc3c(=O)[nH]c(=O)n(c23)C1. The van der Waals surface area contributed by atoms with Crippen LogP contribution in [0, 0.1) is 11.6 Å². The van der Waals surface area contributed by atoms with Gasteiger partial charge in [-0.2, -0.15) is 13.2 Å². The first-order valence-corrected chi connectivity index (χ1v) is 11.2. The van der Waals surface area contributed by atoms with Gasteiger partial charge in [0, 0.05) is 35.0 Å². The Balaban J connectivity index is 2.08. The van der Waals surface area contributed by atoms with E-state index in [1.54, 1.807) is 0 Å². The summed E-state index contributed by atoms with van der Waals surface area (Å²) in [5.41, 5.74) is -4.55. The van der Waals surface area contributed by atoms with E-state index in [0.29, 0.717) is 12.1 Å². The highest BCUT2D eigenvalue weighted by atomic mass is 35.5. The van der Waals surface area contributed by atoms with Crippen molar-refractivity contribution in [2.45, 2.75) is 23.7 Å². The van der Waals surface area contributed by atoms with E-state index in [1.807, 2.05) is 4.98 Å². The number of aromatic amines is 1. The van der Waals surface area contributed by atoms with Crippen molar-refractivity contribution in [1.29, 1.82) is 0 Å². The quantitative estimate of drug-likeness (QED) is 0.305. The zero-order valence-electron chi connectivity index (χ0n) is 17.4. The normalized spacial score (nSPS) is 16.1. The number of benzene rings is 2.